The van der Waals surface area contributed by atoms with Gasteiger partial charge in [0.15, 0.2) is 0 Å². The fourth-order valence-corrected chi connectivity index (χ4v) is 7.43. The third kappa shape index (κ3) is 8.32. The summed E-state index contributed by atoms with van der Waals surface area (Å²) in [6, 6.07) is 16.7. The lowest BCUT2D eigenvalue weighted by molar-refractivity contribution is 0.152. The quantitative estimate of drug-likeness (QED) is 0.242. The molecule has 0 aromatic heterocycles. The number of unbranched alkanes of at least 4 members (excludes halogenated alkanes) is 4. The van der Waals surface area contributed by atoms with Gasteiger partial charge in [-0.3, -0.25) is 0 Å². The molecule has 0 saturated heterocycles. The zero-order chi connectivity index (χ0) is 26.0. The van der Waals surface area contributed by atoms with E-state index in [1.54, 1.807) is 0 Å². The molecule has 2 aliphatic rings. The van der Waals surface area contributed by atoms with E-state index in [0.29, 0.717) is 5.92 Å². The van der Waals surface area contributed by atoms with Crippen molar-refractivity contribution in [3.63, 3.8) is 0 Å². The molecule has 2 aliphatic carbocycles. The molecule has 4 unspecified atom stereocenters. The van der Waals surface area contributed by atoms with Gasteiger partial charge in [-0.2, -0.15) is 0 Å². The van der Waals surface area contributed by atoms with E-state index in [1.807, 2.05) is 12.1 Å². The Morgan fingerprint density at radius 1 is 0.757 bits per heavy atom. The van der Waals surface area contributed by atoms with Crippen molar-refractivity contribution in [2.75, 3.05) is 0 Å². The summed E-state index contributed by atoms with van der Waals surface area (Å²) >= 11 is 6.11. The monoisotopic (exact) mass is 524 g/mol. The summed E-state index contributed by atoms with van der Waals surface area (Å²) < 4.78 is 15.7. The van der Waals surface area contributed by atoms with Crippen LogP contribution in [0.4, 0.5) is 4.39 Å². The molecule has 4 rings (SSSR count). The number of hydrogen-bond acceptors (Lipinski definition) is 0. The topological polar surface area (TPSA) is 0 Å². The lowest BCUT2D eigenvalue weighted by Crippen LogP contribution is -2.26. The second kappa shape index (κ2) is 14.7. The van der Waals surface area contributed by atoms with Gasteiger partial charge in [0.2, 0.25) is 0 Å². The Hall–Kier alpha value is -1.34. The second-order valence-electron chi connectivity index (χ2n) is 12.4. The minimum atomic E-state index is -0.722. The average molecular weight is 525 g/mol. The van der Waals surface area contributed by atoms with Crippen LogP contribution in [0.1, 0.15) is 139 Å². The van der Waals surface area contributed by atoms with Crippen LogP contribution in [0.3, 0.4) is 0 Å². The Morgan fingerprint density at radius 3 is 2.08 bits per heavy atom. The van der Waals surface area contributed by atoms with Crippen molar-refractivity contribution in [3.8, 4) is 0 Å². The molecule has 0 heterocycles. The number of halogens is 2. The lowest BCUT2D eigenvalue weighted by atomic mass is 9.72. The van der Waals surface area contributed by atoms with E-state index < -0.39 is 6.17 Å². The number of benzene rings is 2. The summed E-state index contributed by atoms with van der Waals surface area (Å²) in [4.78, 5) is 0. The van der Waals surface area contributed by atoms with Gasteiger partial charge in [-0.15, -0.1) is 0 Å². The molecular formula is C35H50ClF. The van der Waals surface area contributed by atoms with Crippen LogP contribution in [0, 0.1) is 17.8 Å². The first-order valence-electron chi connectivity index (χ1n) is 15.5. The van der Waals surface area contributed by atoms with Gasteiger partial charge in [-0.25, -0.2) is 4.39 Å². The molecule has 0 spiro atoms. The second-order valence-corrected chi connectivity index (χ2v) is 12.8. The molecule has 0 N–H and O–H groups in total. The molecule has 0 aliphatic heterocycles. The highest BCUT2D eigenvalue weighted by atomic mass is 35.5. The lowest BCUT2D eigenvalue weighted by Gasteiger charge is -2.35. The van der Waals surface area contributed by atoms with E-state index >= 15 is 4.39 Å². The molecule has 4 atom stereocenters. The molecule has 0 nitrogen and oxygen atoms in total. The van der Waals surface area contributed by atoms with Crippen LogP contribution in [-0.2, 0) is 0 Å². The summed E-state index contributed by atoms with van der Waals surface area (Å²) in [6.45, 7) is 4.53. The highest BCUT2D eigenvalue weighted by molar-refractivity contribution is 6.30. The maximum absolute atomic E-state index is 15.7. The summed E-state index contributed by atoms with van der Waals surface area (Å²) in [5, 5.41) is 0.761. The molecule has 2 fully saturated rings. The fraction of sp³-hybridized carbons (Fsp3) is 0.657. The van der Waals surface area contributed by atoms with Gasteiger partial charge in [0, 0.05) is 16.9 Å². The van der Waals surface area contributed by atoms with E-state index in [4.69, 9.17) is 11.6 Å². The van der Waals surface area contributed by atoms with Crippen molar-refractivity contribution in [2.24, 2.45) is 17.8 Å². The van der Waals surface area contributed by atoms with Crippen LogP contribution in [0.5, 0.6) is 0 Å². The Labute approximate surface area is 231 Å². The standard InChI is InChI=1S/C35H50ClF/c1-3-4-5-6-7-10-27-13-15-28(16-14-27)17-18-29-19-24-34(35(37)25-29)33-12-9-8-11-32(33)26(2)30-20-22-31(36)23-21-30/h8-9,11-12,20-23,26-29,34-35H,3-7,10,13-19,24-25H2,1-2H3. The summed E-state index contributed by atoms with van der Waals surface area (Å²) in [5.74, 6) is 2.73. The van der Waals surface area contributed by atoms with Gasteiger partial charge in [0.05, 0.1) is 0 Å². The summed E-state index contributed by atoms with van der Waals surface area (Å²) in [6.07, 6.45) is 19.0. The Morgan fingerprint density at radius 2 is 1.38 bits per heavy atom. The van der Waals surface area contributed by atoms with E-state index in [0.717, 1.165) is 29.7 Å². The first-order valence-corrected chi connectivity index (χ1v) is 15.9. The summed E-state index contributed by atoms with van der Waals surface area (Å²) in [7, 11) is 0. The average Bonchev–Trinajstić information content (AvgIpc) is 2.92. The largest absolute Gasteiger partial charge is 0.247 e. The minimum absolute atomic E-state index is 0.0370. The molecule has 37 heavy (non-hydrogen) atoms. The van der Waals surface area contributed by atoms with Gasteiger partial charge in [-0.1, -0.05) is 139 Å². The SMILES string of the molecule is CCCCCCCC1CCC(CCC2CCC(c3ccccc3C(C)c3ccc(Cl)cc3)C(F)C2)CC1. The fourth-order valence-electron chi connectivity index (χ4n) is 7.30. The maximum atomic E-state index is 15.7. The Kier molecular flexibility index (Phi) is 11.4. The molecule has 2 aromatic carbocycles. The minimum Gasteiger partial charge on any atom is -0.247 e. The third-order valence-electron chi connectivity index (χ3n) is 9.78. The molecule has 0 radical (unpaired) electrons. The normalized spacial score (nSPS) is 27.2. The zero-order valence-corrected chi connectivity index (χ0v) is 24.2. The van der Waals surface area contributed by atoms with Crippen LogP contribution < -0.4 is 0 Å². The third-order valence-corrected chi connectivity index (χ3v) is 10.0. The van der Waals surface area contributed by atoms with Crippen molar-refractivity contribution in [1.82, 2.24) is 0 Å². The number of rotatable bonds is 12. The van der Waals surface area contributed by atoms with Gasteiger partial charge >= 0.3 is 0 Å². The van der Waals surface area contributed by atoms with Crippen LogP contribution in [0.2, 0.25) is 5.02 Å². The first kappa shape index (κ1) is 28.7. The molecular weight excluding hydrogens is 475 g/mol. The van der Waals surface area contributed by atoms with Crippen LogP contribution in [-0.4, -0.2) is 6.17 Å². The first-order chi connectivity index (χ1) is 18.0. The summed E-state index contributed by atoms with van der Waals surface area (Å²) in [5.41, 5.74) is 3.74. The van der Waals surface area contributed by atoms with Crippen LogP contribution >= 0.6 is 11.6 Å². The van der Waals surface area contributed by atoms with Crippen molar-refractivity contribution in [1.29, 1.82) is 0 Å². The zero-order valence-electron chi connectivity index (χ0n) is 23.4. The van der Waals surface area contributed by atoms with Crippen molar-refractivity contribution < 1.29 is 4.39 Å². The van der Waals surface area contributed by atoms with Gasteiger partial charge < -0.3 is 0 Å². The Balaban J connectivity index is 1.23. The molecule has 204 valence electrons. The predicted molar refractivity (Wildman–Crippen MR) is 158 cm³/mol. The van der Waals surface area contributed by atoms with Crippen molar-refractivity contribution >= 4 is 11.6 Å². The highest BCUT2D eigenvalue weighted by Crippen LogP contribution is 2.44. The molecule has 2 aromatic rings. The molecule has 0 bridgehead atoms. The van der Waals surface area contributed by atoms with Crippen molar-refractivity contribution in [3.05, 3.63) is 70.2 Å². The van der Waals surface area contributed by atoms with Crippen LogP contribution in [0.15, 0.2) is 48.5 Å². The Bertz CT molecular complexity index is 913. The van der Waals surface area contributed by atoms with E-state index in [1.165, 1.54) is 100 Å². The van der Waals surface area contributed by atoms with E-state index in [2.05, 4.69) is 50.2 Å². The molecule has 2 saturated carbocycles. The van der Waals surface area contributed by atoms with Gasteiger partial charge in [0.25, 0.3) is 0 Å². The molecule has 0 amide bonds. The van der Waals surface area contributed by atoms with Crippen molar-refractivity contribution in [2.45, 2.75) is 128 Å². The van der Waals surface area contributed by atoms with E-state index in [-0.39, 0.29) is 11.8 Å². The smallest absolute Gasteiger partial charge is 0.107 e. The highest BCUT2D eigenvalue weighted by Gasteiger charge is 2.34. The van der Waals surface area contributed by atoms with E-state index in [9.17, 15) is 0 Å². The number of hydrogen-bond donors (Lipinski definition) is 0. The number of alkyl halides is 1. The predicted octanol–water partition coefficient (Wildman–Crippen LogP) is 11.7. The molecule has 2 heteroatoms. The van der Waals surface area contributed by atoms with Gasteiger partial charge in [0.1, 0.15) is 6.17 Å². The van der Waals surface area contributed by atoms with Gasteiger partial charge in [-0.05, 0) is 65.8 Å². The maximum Gasteiger partial charge on any atom is 0.107 e. The van der Waals surface area contributed by atoms with Crippen LogP contribution in [0.25, 0.3) is 0 Å².